The number of hydrogen-bond donors (Lipinski definition) is 0. The topological polar surface area (TPSA) is 0 Å². The molecule has 1 heteroatoms. The third-order valence-electron chi connectivity index (χ3n) is 1.17. The molecule has 0 spiro atoms. The Labute approximate surface area is 83.9 Å². The van der Waals surface area contributed by atoms with Crippen LogP contribution in [0.3, 0.4) is 0 Å². The van der Waals surface area contributed by atoms with Crippen molar-refractivity contribution in [3.63, 3.8) is 0 Å². The zero-order valence-electron chi connectivity index (χ0n) is 6.33. The fraction of sp³-hybridized carbons (Fsp3) is 0.200. The van der Waals surface area contributed by atoms with Gasteiger partial charge in [-0.3, -0.25) is 12.2 Å². The van der Waals surface area contributed by atoms with Gasteiger partial charge in [0.2, 0.25) is 0 Å². The molecule has 0 unspecified atom stereocenters. The van der Waals surface area contributed by atoms with Gasteiger partial charge in [0, 0.05) is 0 Å². The quantitative estimate of drug-likeness (QED) is 0.603. The van der Waals surface area contributed by atoms with Crippen LogP contribution in [0.1, 0.15) is 12.8 Å². The first-order chi connectivity index (χ1) is 5.00. The predicted octanol–water partition coefficient (Wildman–Crippen LogP) is 2.61. The van der Waals surface area contributed by atoms with E-state index in [4.69, 9.17) is 0 Å². The average Bonchev–Trinajstić information content (AvgIpc) is 2.67. The van der Waals surface area contributed by atoms with Gasteiger partial charge in [0.1, 0.15) is 0 Å². The maximum atomic E-state index is 2.99. The van der Waals surface area contributed by atoms with Gasteiger partial charge in [-0.1, -0.05) is 0 Å². The Morgan fingerprint density at radius 3 is 1.36 bits per heavy atom. The van der Waals surface area contributed by atoms with E-state index in [1.807, 2.05) is 24.3 Å². The van der Waals surface area contributed by atoms with Gasteiger partial charge in [-0.05, 0) is 0 Å². The zero-order valence-corrected chi connectivity index (χ0v) is 9.54. The van der Waals surface area contributed by atoms with Crippen LogP contribution in [0.25, 0.3) is 0 Å². The Hall–Kier alpha value is -0.300. The molecule has 0 nitrogen and oxygen atoms in total. The van der Waals surface area contributed by atoms with Gasteiger partial charge >= 0.3 is 22.4 Å². The van der Waals surface area contributed by atoms with Gasteiger partial charge in [0.05, 0.1) is 0 Å². The van der Waals surface area contributed by atoms with Gasteiger partial charge in [-0.2, -0.15) is 12.2 Å². The van der Waals surface area contributed by atoms with Crippen LogP contribution in [-0.4, -0.2) is 0 Å². The molecule has 2 aliphatic rings. The Morgan fingerprint density at radius 2 is 1.27 bits per heavy atom. The van der Waals surface area contributed by atoms with Crippen LogP contribution in [0.2, 0.25) is 0 Å². The third kappa shape index (κ3) is 6.11. The molecule has 11 heavy (non-hydrogen) atoms. The minimum Gasteiger partial charge on any atom is -0.273 e. The Morgan fingerprint density at radius 1 is 0.818 bits per heavy atom. The Bertz CT molecular complexity index is 143. The minimum absolute atomic E-state index is 0. The van der Waals surface area contributed by atoms with E-state index in [9.17, 15) is 0 Å². The van der Waals surface area contributed by atoms with Crippen LogP contribution in [0.5, 0.6) is 0 Å². The monoisotopic (exact) mass is 311 g/mol. The molecule has 0 bridgehead atoms. The van der Waals surface area contributed by atoms with E-state index < -0.39 is 0 Å². The van der Waals surface area contributed by atoms with Crippen molar-refractivity contribution in [2.24, 2.45) is 0 Å². The van der Waals surface area contributed by atoms with Crippen LogP contribution in [0.4, 0.5) is 0 Å². The first kappa shape index (κ1) is 10.7. The van der Waals surface area contributed by atoms with Crippen molar-refractivity contribution in [2.75, 3.05) is 0 Å². The molecule has 0 aromatic heterocycles. The molecule has 0 saturated carbocycles. The summed E-state index contributed by atoms with van der Waals surface area (Å²) >= 11 is 0. The second kappa shape index (κ2) is 7.80. The summed E-state index contributed by atoms with van der Waals surface area (Å²) in [5, 5.41) is 0. The number of hydrogen-bond acceptors (Lipinski definition) is 0. The van der Waals surface area contributed by atoms with E-state index in [1.165, 1.54) is 0 Å². The smallest absolute Gasteiger partial charge is 0.273 e. The van der Waals surface area contributed by atoms with E-state index in [-0.39, 0.29) is 22.4 Å². The summed E-state index contributed by atoms with van der Waals surface area (Å²) in [6.45, 7) is 0. The molecule has 0 saturated heterocycles. The van der Waals surface area contributed by atoms with Crippen molar-refractivity contribution in [1.29, 1.82) is 0 Å². The largest absolute Gasteiger partial charge is 2.00 e. The van der Waals surface area contributed by atoms with Crippen molar-refractivity contribution >= 4 is 0 Å². The van der Waals surface area contributed by atoms with E-state index in [1.54, 1.807) is 0 Å². The first-order valence-corrected chi connectivity index (χ1v) is 3.43. The fourth-order valence-corrected chi connectivity index (χ4v) is 0.680. The molecule has 0 N–H and O–H groups in total. The van der Waals surface area contributed by atoms with Gasteiger partial charge in [0.25, 0.3) is 0 Å². The average molecular weight is 311 g/mol. The molecule has 2 rings (SSSR count). The number of allylic oxidation sites excluding steroid dienone is 8. The van der Waals surface area contributed by atoms with Gasteiger partial charge < -0.3 is 0 Å². The molecule has 0 atom stereocenters. The zero-order chi connectivity index (χ0) is 7.07. The molecule has 55 valence electrons. The second-order valence-corrected chi connectivity index (χ2v) is 2.01. The SMILES string of the molecule is [C-]1=CC=CC1.[C-]1=CC=CC1.[Ta+2]. The van der Waals surface area contributed by atoms with E-state index in [2.05, 4.69) is 24.3 Å². The summed E-state index contributed by atoms with van der Waals surface area (Å²) in [6, 6.07) is 0. The molecule has 0 fully saturated rings. The van der Waals surface area contributed by atoms with Gasteiger partial charge in [0.15, 0.2) is 0 Å². The van der Waals surface area contributed by atoms with E-state index >= 15 is 0 Å². The fourth-order valence-electron chi connectivity index (χ4n) is 0.680. The van der Waals surface area contributed by atoms with E-state index in [0.717, 1.165) is 12.8 Å². The second-order valence-electron chi connectivity index (χ2n) is 2.01. The molecule has 0 aromatic carbocycles. The molecular formula is C10H10Ta. The summed E-state index contributed by atoms with van der Waals surface area (Å²) in [5.74, 6) is 0. The Kier molecular flexibility index (Phi) is 7.59. The number of rotatable bonds is 0. The van der Waals surface area contributed by atoms with Crippen molar-refractivity contribution in [2.45, 2.75) is 12.8 Å². The minimum atomic E-state index is 0. The molecule has 2 aliphatic carbocycles. The molecule has 0 aromatic rings. The summed E-state index contributed by atoms with van der Waals surface area (Å²) in [5.41, 5.74) is 0. The van der Waals surface area contributed by atoms with Gasteiger partial charge in [-0.25, -0.2) is 24.3 Å². The van der Waals surface area contributed by atoms with Crippen molar-refractivity contribution < 1.29 is 22.4 Å². The maximum Gasteiger partial charge on any atom is 2.00 e. The van der Waals surface area contributed by atoms with Crippen LogP contribution < -0.4 is 0 Å². The van der Waals surface area contributed by atoms with Crippen LogP contribution in [-0.2, 0) is 22.4 Å². The summed E-state index contributed by atoms with van der Waals surface area (Å²) in [6.07, 6.45) is 20.0. The molecule has 0 heterocycles. The molecular weight excluding hydrogens is 301 g/mol. The van der Waals surface area contributed by atoms with Crippen molar-refractivity contribution in [3.05, 3.63) is 48.6 Å². The van der Waals surface area contributed by atoms with Crippen LogP contribution in [0, 0.1) is 12.2 Å². The maximum absolute atomic E-state index is 2.99. The molecule has 1 radical (unpaired) electrons. The van der Waals surface area contributed by atoms with Crippen LogP contribution >= 0.6 is 0 Å². The summed E-state index contributed by atoms with van der Waals surface area (Å²) in [7, 11) is 0. The standard InChI is InChI=1S/2C5H5.Ta/c2*1-2-4-5-3-1;/h2*1-3H,4H2;/q2*-1;+2. The normalized spacial score (nSPS) is 16.0. The van der Waals surface area contributed by atoms with Crippen molar-refractivity contribution in [3.8, 4) is 0 Å². The van der Waals surface area contributed by atoms with Crippen LogP contribution in [0.15, 0.2) is 36.5 Å². The molecule has 0 amide bonds. The predicted molar refractivity (Wildman–Crippen MR) is 43.1 cm³/mol. The third-order valence-corrected chi connectivity index (χ3v) is 1.17. The summed E-state index contributed by atoms with van der Waals surface area (Å²) < 4.78 is 0. The Balaban J connectivity index is 0.000000167. The first-order valence-electron chi connectivity index (χ1n) is 3.43. The molecule has 0 aliphatic heterocycles. The summed E-state index contributed by atoms with van der Waals surface area (Å²) in [4.78, 5) is 0. The van der Waals surface area contributed by atoms with Crippen molar-refractivity contribution in [1.82, 2.24) is 0 Å². The van der Waals surface area contributed by atoms with Gasteiger partial charge in [-0.15, -0.1) is 12.8 Å². The van der Waals surface area contributed by atoms with E-state index in [0.29, 0.717) is 0 Å².